The van der Waals surface area contributed by atoms with Gasteiger partial charge in [-0.1, -0.05) is 48.5 Å². The number of hydrogen-bond donors (Lipinski definition) is 2. The van der Waals surface area contributed by atoms with Crippen LogP contribution in [0.15, 0.2) is 114 Å². The van der Waals surface area contributed by atoms with Gasteiger partial charge in [-0.25, -0.2) is 10.4 Å². The van der Waals surface area contributed by atoms with E-state index in [1.165, 1.54) is 11.3 Å². The highest BCUT2D eigenvalue weighted by Crippen LogP contribution is 2.27. The van der Waals surface area contributed by atoms with Gasteiger partial charge in [-0.15, -0.1) is 11.3 Å². The number of ether oxygens (including phenoxy) is 1. The number of nitriles is 1. The maximum atomic E-state index is 12.5. The molecule has 5 aromatic rings. The minimum absolute atomic E-state index is 0.306. The van der Waals surface area contributed by atoms with Crippen molar-refractivity contribution in [2.45, 2.75) is 6.61 Å². The summed E-state index contributed by atoms with van der Waals surface area (Å²) in [6, 6.07) is 33.9. The first-order valence-electron chi connectivity index (χ1n) is 12.1. The van der Waals surface area contributed by atoms with Crippen LogP contribution in [0.25, 0.3) is 11.3 Å². The zero-order chi connectivity index (χ0) is 26.9. The van der Waals surface area contributed by atoms with Crippen LogP contribution >= 0.6 is 11.3 Å². The molecule has 5 rings (SSSR count). The summed E-state index contributed by atoms with van der Waals surface area (Å²) < 4.78 is 5.78. The van der Waals surface area contributed by atoms with Crippen LogP contribution in [0.3, 0.4) is 0 Å². The van der Waals surface area contributed by atoms with E-state index in [1.807, 2.05) is 90.3 Å². The maximum Gasteiger partial charge on any atom is 0.271 e. The molecule has 0 aliphatic carbocycles. The van der Waals surface area contributed by atoms with E-state index in [9.17, 15) is 10.1 Å². The third-order valence-corrected chi connectivity index (χ3v) is 6.52. The van der Waals surface area contributed by atoms with Crippen LogP contribution in [0, 0.1) is 11.3 Å². The Bertz CT molecular complexity index is 1620. The van der Waals surface area contributed by atoms with Gasteiger partial charge in [0.05, 0.1) is 23.5 Å². The van der Waals surface area contributed by atoms with Crippen LogP contribution in [0.5, 0.6) is 5.75 Å². The van der Waals surface area contributed by atoms with E-state index in [0.717, 1.165) is 33.2 Å². The van der Waals surface area contributed by atoms with Gasteiger partial charge in [-0.05, 0) is 60.2 Å². The van der Waals surface area contributed by atoms with Gasteiger partial charge in [-0.2, -0.15) is 10.4 Å². The Hall–Kier alpha value is -5.26. The van der Waals surface area contributed by atoms with Crippen LogP contribution in [0.2, 0.25) is 0 Å². The molecule has 0 spiro atoms. The zero-order valence-electron chi connectivity index (χ0n) is 20.7. The van der Waals surface area contributed by atoms with E-state index >= 15 is 0 Å². The lowest BCUT2D eigenvalue weighted by Gasteiger charge is -2.07. The van der Waals surface area contributed by atoms with E-state index in [2.05, 4.69) is 26.9 Å². The molecule has 7 nitrogen and oxygen atoms in total. The fraction of sp³-hybridized carbons (Fsp3) is 0.0323. The van der Waals surface area contributed by atoms with Gasteiger partial charge in [-0.3, -0.25) is 4.79 Å². The molecule has 190 valence electrons. The molecular weight excluding hydrogens is 506 g/mol. The standard InChI is InChI=1S/C31H23N5O2S/c32-18-25-8-4-5-9-26(25)20-38-28-16-10-22(11-17-28)19-33-36-30(37)24-12-14-27(15-13-24)34-31-35-29(21-39-31)23-6-2-1-3-7-23/h1-17,19,21H,20H2,(H,34,35)(H,36,37)/b33-19-. The van der Waals surface area contributed by atoms with E-state index in [1.54, 1.807) is 24.4 Å². The minimum atomic E-state index is -0.311. The molecule has 1 heterocycles. The molecule has 0 unspecified atom stereocenters. The topological polar surface area (TPSA) is 99.4 Å². The maximum absolute atomic E-state index is 12.5. The lowest BCUT2D eigenvalue weighted by Crippen LogP contribution is -2.17. The minimum Gasteiger partial charge on any atom is -0.489 e. The Balaban J connectivity index is 1.11. The monoisotopic (exact) mass is 529 g/mol. The summed E-state index contributed by atoms with van der Waals surface area (Å²) in [5.74, 6) is 0.362. The molecule has 2 N–H and O–H groups in total. The summed E-state index contributed by atoms with van der Waals surface area (Å²) in [4.78, 5) is 17.1. The zero-order valence-corrected chi connectivity index (χ0v) is 21.6. The Morgan fingerprint density at radius 3 is 2.46 bits per heavy atom. The highest BCUT2D eigenvalue weighted by atomic mass is 32.1. The molecule has 39 heavy (non-hydrogen) atoms. The number of nitrogens with one attached hydrogen (secondary N) is 2. The second kappa shape index (κ2) is 12.3. The van der Waals surface area contributed by atoms with Gasteiger partial charge < -0.3 is 10.1 Å². The van der Waals surface area contributed by atoms with Crippen molar-refractivity contribution >= 4 is 34.3 Å². The van der Waals surface area contributed by atoms with Gasteiger partial charge in [0.15, 0.2) is 5.13 Å². The molecule has 0 atom stereocenters. The molecule has 0 bridgehead atoms. The van der Waals surface area contributed by atoms with E-state index in [4.69, 9.17) is 4.74 Å². The molecule has 0 fully saturated rings. The van der Waals surface area contributed by atoms with Crippen LogP contribution in [0.1, 0.15) is 27.0 Å². The van der Waals surface area contributed by atoms with Crippen molar-refractivity contribution in [1.29, 1.82) is 5.26 Å². The summed E-state index contributed by atoms with van der Waals surface area (Å²) in [5.41, 5.74) is 8.09. The number of aromatic nitrogens is 1. The van der Waals surface area contributed by atoms with E-state index in [0.29, 0.717) is 23.5 Å². The van der Waals surface area contributed by atoms with Crippen molar-refractivity contribution in [3.05, 3.63) is 131 Å². The molecule has 0 aliphatic rings. The first-order valence-corrected chi connectivity index (χ1v) is 13.0. The van der Waals surface area contributed by atoms with E-state index < -0.39 is 0 Å². The van der Waals surface area contributed by atoms with Gasteiger partial charge >= 0.3 is 0 Å². The molecular formula is C31H23N5O2S. The average Bonchev–Trinajstić information content (AvgIpc) is 3.46. The fourth-order valence-electron chi connectivity index (χ4n) is 3.70. The third kappa shape index (κ3) is 6.74. The second-order valence-electron chi connectivity index (χ2n) is 8.43. The Morgan fingerprint density at radius 1 is 0.949 bits per heavy atom. The van der Waals surface area contributed by atoms with Gasteiger partial charge in [0.2, 0.25) is 0 Å². The van der Waals surface area contributed by atoms with Crippen LogP contribution in [-0.4, -0.2) is 17.1 Å². The number of carbonyl (C=O) groups excluding carboxylic acids is 1. The highest BCUT2D eigenvalue weighted by molar-refractivity contribution is 7.14. The highest BCUT2D eigenvalue weighted by Gasteiger charge is 2.07. The number of nitrogens with zero attached hydrogens (tertiary/aromatic N) is 3. The molecule has 0 saturated carbocycles. The lowest BCUT2D eigenvalue weighted by molar-refractivity contribution is 0.0955. The molecule has 0 aliphatic heterocycles. The number of carbonyl (C=O) groups is 1. The number of hydrogen-bond acceptors (Lipinski definition) is 7. The molecule has 0 radical (unpaired) electrons. The van der Waals surface area contributed by atoms with Crippen molar-refractivity contribution in [1.82, 2.24) is 10.4 Å². The van der Waals surface area contributed by atoms with Gasteiger partial charge in [0.25, 0.3) is 5.91 Å². The number of rotatable bonds is 9. The number of benzene rings is 4. The Morgan fingerprint density at radius 2 is 1.69 bits per heavy atom. The van der Waals surface area contributed by atoms with Gasteiger partial charge in [0, 0.05) is 27.8 Å². The van der Waals surface area contributed by atoms with Crippen molar-refractivity contribution in [3.63, 3.8) is 0 Å². The smallest absolute Gasteiger partial charge is 0.271 e. The van der Waals surface area contributed by atoms with Gasteiger partial charge in [0.1, 0.15) is 12.4 Å². The SMILES string of the molecule is N#Cc1ccccc1COc1ccc(/C=N\NC(=O)c2ccc(Nc3nc(-c4ccccc4)cs3)cc2)cc1. The van der Waals surface area contributed by atoms with Crippen LogP contribution in [-0.2, 0) is 6.61 Å². The second-order valence-corrected chi connectivity index (χ2v) is 9.29. The fourth-order valence-corrected chi connectivity index (χ4v) is 4.44. The van der Waals surface area contributed by atoms with Crippen molar-refractivity contribution in [2.75, 3.05) is 5.32 Å². The summed E-state index contributed by atoms with van der Waals surface area (Å²) >= 11 is 1.52. The summed E-state index contributed by atoms with van der Waals surface area (Å²) in [7, 11) is 0. The molecule has 1 aromatic heterocycles. The number of anilines is 2. The first kappa shape index (κ1) is 25.4. The molecule has 4 aromatic carbocycles. The largest absolute Gasteiger partial charge is 0.489 e. The van der Waals surface area contributed by atoms with Crippen LogP contribution < -0.4 is 15.5 Å². The van der Waals surface area contributed by atoms with Crippen molar-refractivity contribution in [3.8, 4) is 23.1 Å². The Labute approximate surface area is 230 Å². The van der Waals surface area contributed by atoms with Crippen LogP contribution in [0.4, 0.5) is 10.8 Å². The summed E-state index contributed by atoms with van der Waals surface area (Å²) in [6.45, 7) is 0.306. The number of thiazole rings is 1. The summed E-state index contributed by atoms with van der Waals surface area (Å²) in [6.07, 6.45) is 1.56. The first-order chi connectivity index (χ1) is 19.2. The lowest BCUT2D eigenvalue weighted by atomic mass is 10.1. The summed E-state index contributed by atoms with van der Waals surface area (Å²) in [5, 5.41) is 19.3. The molecule has 1 amide bonds. The Kier molecular flexibility index (Phi) is 8.02. The quantitative estimate of drug-likeness (QED) is 0.162. The molecule has 0 saturated heterocycles. The number of amides is 1. The average molecular weight is 530 g/mol. The number of hydrazone groups is 1. The predicted octanol–water partition coefficient (Wildman–Crippen LogP) is 6.77. The van der Waals surface area contributed by atoms with Crippen molar-refractivity contribution in [2.24, 2.45) is 5.10 Å². The van der Waals surface area contributed by atoms with Crippen molar-refractivity contribution < 1.29 is 9.53 Å². The predicted molar refractivity (Wildman–Crippen MR) is 154 cm³/mol. The third-order valence-electron chi connectivity index (χ3n) is 5.76. The normalized spacial score (nSPS) is 10.6. The van der Waals surface area contributed by atoms with E-state index in [-0.39, 0.29) is 5.91 Å². The molecule has 8 heteroatoms.